The maximum atomic E-state index is 12.0. The fraction of sp³-hybridized carbons (Fsp3) is 0.375. The third-order valence-corrected chi connectivity index (χ3v) is 3.58. The molecule has 0 spiro atoms. The lowest BCUT2D eigenvalue weighted by molar-refractivity contribution is 0.251. The Labute approximate surface area is 130 Å². The van der Waals surface area contributed by atoms with E-state index in [1.165, 1.54) is 0 Å². The van der Waals surface area contributed by atoms with E-state index in [4.69, 9.17) is 5.11 Å². The highest BCUT2D eigenvalue weighted by Crippen LogP contribution is 2.19. The highest BCUT2D eigenvalue weighted by atomic mass is 16.3. The quantitative estimate of drug-likeness (QED) is 0.793. The molecule has 22 heavy (non-hydrogen) atoms. The van der Waals surface area contributed by atoms with Gasteiger partial charge in [-0.3, -0.25) is 4.68 Å². The SMILES string of the molecule is CCn1nc(C)c(NC(=O)NCc2ccc(CO)cc2)c1C. The Morgan fingerprint density at radius 1 is 1.23 bits per heavy atom. The van der Waals surface area contributed by atoms with Crippen molar-refractivity contribution in [2.75, 3.05) is 5.32 Å². The molecule has 1 aromatic heterocycles. The fourth-order valence-corrected chi connectivity index (χ4v) is 2.29. The minimum absolute atomic E-state index is 0.0220. The summed E-state index contributed by atoms with van der Waals surface area (Å²) >= 11 is 0. The van der Waals surface area contributed by atoms with Gasteiger partial charge in [0.15, 0.2) is 0 Å². The van der Waals surface area contributed by atoms with Crippen LogP contribution in [0.4, 0.5) is 10.5 Å². The van der Waals surface area contributed by atoms with Crippen molar-refractivity contribution in [3.8, 4) is 0 Å². The molecule has 1 aromatic carbocycles. The number of carbonyl (C=O) groups is 1. The second-order valence-electron chi connectivity index (χ2n) is 5.14. The van der Waals surface area contributed by atoms with Crippen LogP contribution in [0.1, 0.15) is 29.4 Å². The number of aromatic nitrogens is 2. The molecule has 6 heteroatoms. The average Bonchev–Trinajstić information content (AvgIpc) is 2.81. The van der Waals surface area contributed by atoms with Gasteiger partial charge in [-0.15, -0.1) is 0 Å². The number of rotatable bonds is 5. The van der Waals surface area contributed by atoms with E-state index in [0.29, 0.717) is 6.54 Å². The zero-order chi connectivity index (χ0) is 16.1. The number of amides is 2. The number of hydrogen-bond donors (Lipinski definition) is 3. The highest BCUT2D eigenvalue weighted by molar-refractivity contribution is 5.90. The van der Waals surface area contributed by atoms with Crippen LogP contribution in [0.3, 0.4) is 0 Å². The van der Waals surface area contributed by atoms with Crippen LogP contribution < -0.4 is 10.6 Å². The lowest BCUT2D eigenvalue weighted by Crippen LogP contribution is -2.28. The lowest BCUT2D eigenvalue weighted by Gasteiger charge is -2.09. The van der Waals surface area contributed by atoms with Gasteiger partial charge in [0.25, 0.3) is 0 Å². The number of aryl methyl sites for hydroxylation is 2. The Kier molecular flexibility index (Phi) is 5.16. The van der Waals surface area contributed by atoms with Gasteiger partial charge in [-0.25, -0.2) is 4.79 Å². The Bertz CT molecular complexity index is 647. The molecule has 6 nitrogen and oxygen atoms in total. The number of urea groups is 1. The predicted octanol–water partition coefficient (Wildman–Crippen LogP) is 2.33. The molecule has 2 amide bonds. The molecule has 0 unspecified atom stereocenters. The maximum absolute atomic E-state index is 12.0. The molecule has 0 atom stereocenters. The summed E-state index contributed by atoms with van der Waals surface area (Å²) in [6.07, 6.45) is 0. The van der Waals surface area contributed by atoms with Crippen molar-refractivity contribution in [1.29, 1.82) is 0 Å². The van der Waals surface area contributed by atoms with Crippen molar-refractivity contribution >= 4 is 11.7 Å². The molecule has 0 aliphatic rings. The largest absolute Gasteiger partial charge is 0.392 e. The van der Waals surface area contributed by atoms with Crippen molar-refractivity contribution < 1.29 is 9.90 Å². The summed E-state index contributed by atoms with van der Waals surface area (Å²) in [6.45, 7) is 7.05. The first-order valence-electron chi connectivity index (χ1n) is 7.32. The molecular weight excluding hydrogens is 280 g/mol. The van der Waals surface area contributed by atoms with Crippen LogP contribution in [0.25, 0.3) is 0 Å². The first kappa shape index (κ1) is 16.0. The topological polar surface area (TPSA) is 79.2 Å². The minimum Gasteiger partial charge on any atom is -0.392 e. The Balaban J connectivity index is 1.94. The Hall–Kier alpha value is -2.34. The highest BCUT2D eigenvalue weighted by Gasteiger charge is 2.13. The molecule has 0 saturated carbocycles. The van der Waals surface area contributed by atoms with Gasteiger partial charge in [0.2, 0.25) is 0 Å². The normalized spacial score (nSPS) is 10.5. The molecule has 1 heterocycles. The summed E-state index contributed by atoms with van der Waals surface area (Å²) in [6, 6.07) is 7.20. The predicted molar refractivity (Wildman–Crippen MR) is 85.6 cm³/mol. The number of benzene rings is 1. The summed E-state index contributed by atoms with van der Waals surface area (Å²) < 4.78 is 1.86. The van der Waals surface area contributed by atoms with Gasteiger partial charge >= 0.3 is 6.03 Å². The first-order chi connectivity index (χ1) is 10.5. The number of aliphatic hydroxyl groups is 1. The Morgan fingerprint density at radius 3 is 2.41 bits per heavy atom. The molecule has 0 aliphatic heterocycles. The van der Waals surface area contributed by atoms with E-state index >= 15 is 0 Å². The number of nitrogens with zero attached hydrogens (tertiary/aromatic N) is 2. The van der Waals surface area contributed by atoms with Crippen molar-refractivity contribution in [2.45, 2.75) is 40.5 Å². The smallest absolute Gasteiger partial charge is 0.319 e. The van der Waals surface area contributed by atoms with Gasteiger partial charge in [-0.05, 0) is 31.9 Å². The van der Waals surface area contributed by atoms with Crippen LogP contribution in [0.15, 0.2) is 24.3 Å². The Morgan fingerprint density at radius 2 is 1.86 bits per heavy atom. The molecule has 3 N–H and O–H groups in total. The van der Waals surface area contributed by atoms with E-state index < -0.39 is 0 Å². The standard InChI is InChI=1S/C16H22N4O2/c1-4-20-12(3)15(11(2)19-20)18-16(22)17-9-13-5-7-14(10-21)8-6-13/h5-8,21H,4,9-10H2,1-3H3,(H2,17,18,22). The van der Waals surface area contributed by atoms with E-state index in [-0.39, 0.29) is 12.6 Å². The summed E-state index contributed by atoms with van der Waals surface area (Å²) in [7, 11) is 0. The fourth-order valence-electron chi connectivity index (χ4n) is 2.29. The first-order valence-corrected chi connectivity index (χ1v) is 7.32. The van der Waals surface area contributed by atoms with Crippen molar-refractivity contribution in [3.05, 3.63) is 46.8 Å². The molecule has 0 saturated heterocycles. The van der Waals surface area contributed by atoms with Crippen LogP contribution in [-0.2, 0) is 19.7 Å². The maximum Gasteiger partial charge on any atom is 0.319 e. The van der Waals surface area contributed by atoms with Crippen LogP contribution in [0.5, 0.6) is 0 Å². The van der Waals surface area contributed by atoms with E-state index in [2.05, 4.69) is 15.7 Å². The van der Waals surface area contributed by atoms with E-state index in [1.54, 1.807) is 0 Å². The molecule has 2 rings (SSSR count). The van der Waals surface area contributed by atoms with Gasteiger partial charge in [0.1, 0.15) is 0 Å². The van der Waals surface area contributed by atoms with E-state index in [1.807, 2.05) is 49.7 Å². The number of anilines is 1. The van der Waals surface area contributed by atoms with E-state index in [0.717, 1.165) is 34.7 Å². The summed E-state index contributed by atoms with van der Waals surface area (Å²) in [5, 5.41) is 19.0. The van der Waals surface area contributed by atoms with Crippen molar-refractivity contribution in [2.24, 2.45) is 0 Å². The zero-order valence-corrected chi connectivity index (χ0v) is 13.2. The van der Waals surface area contributed by atoms with Gasteiger partial charge in [-0.2, -0.15) is 5.10 Å². The monoisotopic (exact) mass is 302 g/mol. The second kappa shape index (κ2) is 7.09. The second-order valence-corrected chi connectivity index (χ2v) is 5.14. The molecular formula is C16H22N4O2. The minimum atomic E-state index is -0.256. The number of carbonyl (C=O) groups excluding carboxylic acids is 1. The van der Waals surface area contributed by atoms with Gasteiger partial charge in [0, 0.05) is 13.1 Å². The number of aliphatic hydroxyl groups excluding tert-OH is 1. The van der Waals surface area contributed by atoms with Gasteiger partial charge in [-0.1, -0.05) is 24.3 Å². The summed E-state index contributed by atoms with van der Waals surface area (Å²) in [4.78, 5) is 12.0. The van der Waals surface area contributed by atoms with Gasteiger partial charge < -0.3 is 15.7 Å². The zero-order valence-electron chi connectivity index (χ0n) is 13.2. The molecule has 0 bridgehead atoms. The molecule has 0 fully saturated rings. The van der Waals surface area contributed by atoms with Crippen LogP contribution in [-0.4, -0.2) is 20.9 Å². The molecule has 2 aromatic rings. The molecule has 0 radical (unpaired) electrons. The summed E-state index contributed by atoms with van der Waals surface area (Å²) in [5.41, 5.74) is 4.34. The van der Waals surface area contributed by atoms with E-state index in [9.17, 15) is 4.79 Å². The van der Waals surface area contributed by atoms with Gasteiger partial charge in [0.05, 0.1) is 23.7 Å². The van der Waals surface area contributed by atoms with Crippen molar-refractivity contribution in [3.63, 3.8) is 0 Å². The summed E-state index contributed by atoms with van der Waals surface area (Å²) in [5.74, 6) is 0. The average molecular weight is 302 g/mol. The third kappa shape index (κ3) is 3.65. The lowest BCUT2D eigenvalue weighted by atomic mass is 10.1. The number of nitrogens with one attached hydrogen (secondary N) is 2. The van der Waals surface area contributed by atoms with Crippen LogP contribution >= 0.6 is 0 Å². The van der Waals surface area contributed by atoms with Crippen molar-refractivity contribution in [1.82, 2.24) is 15.1 Å². The molecule has 0 aliphatic carbocycles. The van der Waals surface area contributed by atoms with Crippen LogP contribution in [0, 0.1) is 13.8 Å². The third-order valence-electron chi connectivity index (χ3n) is 3.58. The number of hydrogen-bond acceptors (Lipinski definition) is 3. The molecule has 118 valence electrons. The van der Waals surface area contributed by atoms with Crippen LogP contribution in [0.2, 0.25) is 0 Å².